The van der Waals surface area contributed by atoms with Crippen LogP contribution in [-0.4, -0.2) is 0 Å². The number of nitriles is 1. The Hall–Kier alpha value is -1.03. The van der Waals surface area contributed by atoms with E-state index in [-0.39, 0.29) is 0 Å². The average Bonchev–Trinajstić information content (AvgIpc) is 1.69. The van der Waals surface area contributed by atoms with E-state index in [0.717, 1.165) is 0 Å². The summed E-state index contributed by atoms with van der Waals surface area (Å²) in [7, 11) is 0. The highest BCUT2D eigenvalue weighted by atomic mass is 14.2. The molecule has 0 N–H and O–H groups in total. The Kier molecular flexibility index (Phi) is 11.8. The lowest BCUT2D eigenvalue weighted by molar-refractivity contribution is 1.46. The van der Waals surface area contributed by atoms with Gasteiger partial charge in [0.2, 0.25) is 0 Å². The summed E-state index contributed by atoms with van der Waals surface area (Å²) in [6, 6.07) is 1.83. The van der Waals surface area contributed by atoms with Gasteiger partial charge in [-0.3, -0.25) is 0 Å². The molecule has 0 aliphatic rings. The van der Waals surface area contributed by atoms with Crippen LogP contribution in [0.5, 0.6) is 0 Å². The molecule has 0 aromatic heterocycles. The number of allylic oxidation sites excluding steroid dienone is 2. The van der Waals surface area contributed by atoms with Crippen molar-refractivity contribution in [2.75, 3.05) is 0 Å². The van der Waals surface area contributed by atoms with Gasteiger partial charge >= 0.3 is 0 Å². The van der Waals surface area contributed by atoms with Crippen LogP contribution < -0.4 is 0 Å². The van der Waals surface area contributed by atoms with E-state index in [1.807, 2.05) is 6.07 Å². The van der Waals surface area contributed by atoms with Gasteiger partial charge < -0.3 is 0 Å². The quantitative estimate of drug-likeness (QED) is 0.436. The summed E-state index contributed by atoms with van der Waals surface area (Å²) in [6.45, 7) is 11.5. The minimum Gasteiger partial charge on any atom is -0.193 e. The Morgan fingerprint density at radius 1 is 1.75 bits per heavy atom. The van der Waals surface area contributed by atoms with Gasteiger partial charge in [0, 0.05) is 5.57 Å². The normalized spacial score (nSPS) is 5.12. The maximum atomic E-state index is 7.79. The number of hydrogen-bond acceptors (Lipinski definition) is 1. The van der Waals surface area contributed by atoms with Crippen LogP contribution in [0.4, 0.5) is 0 Å². The lowest BCUT2D eigenvalue weighted by atomic mass is 10.4. The van der Waals surface area contributed by atoms with E-state index in [1.54, 1.807) is 6.92 Å². The van der Waals surface area contributed by atoms with Gasteiger partial charge in [0.25, 0.3) is 0 Å². The van der Waals surface area contributed by atoms with E-state index in [9.17, 15) is 0 Å². The van der Waals surface area contributed by atoms with Gasteiger partial charge in [0.1, 0.15) is 0 Å². The first kappa shape index (κ1) is 10.1. The molecule has 0 atom stereocenters. The third-order valence-electron chi connectivity index (χ3n) is 0.191. The van der Waals surface area contributed by atoms with Gasteiger partial charge in [0.15, 0.2) is 0 Å². The maximum Gasteiger partial charge on any atom is 0.0937 e. The molecule has 0 fully saturated rings. The fourth-order valence-corrected chi connectivity index (χ4v) is 0. The van der Waals surface area contributed by atoms with Crippen molar-refractivity contribution in [3.63, 3.8) is 0 Å². The summed E-state index contributed by atoms with van der Waals surface area (Å²) in [5, 5.41) is 7.79. The molecule has 0 saturated heterocycles. The summed E-state index contributed by atoms with van der Waals surface area (Å²) in [4.78, 5) is 0. The average molecular weight is 108 g/mol. The Balaban J connectivity index is 0. The molecule has 1 heteroatoms. The molecular formula is C7H10N. The van der Waals surface area contributed by atoms with E-state index < -0.39 is 0 Å². The molecule has 1 radical (unpaired) electrons. The van der Waals surface area contributed by atoms with Gasteiger partial charge in [0.05, 0.1) is 6.07 Å². The van der Waals surface area contributed by atoms with E-state index in [2.05, 4.69) is 20.1 Å². The largest absolute Gasteiger partial charge is 0.193 e. The lowest BCUT2D eigenvalue weighted by Gasteiger charge is -1.61. The molecule has 43 valence electrons. The first-order valence-corrected chi connectivity index (χ1v) is 2.14. The number of hydrogen-bond donors (Lipinski definition) is 0. The summed E-state index contributed by atoms with van der Waals surface area (Å²) in [5.74, 6) is 0. The van der Waals surface area contributed by atoms with Gasteiger partial charge in [-0.25, -0.2) is 0 Å². The monoisotopic (exact) mass is 108 g/mol. The van der Waals surface area contributed by atoms with Crippen molar-refractivity contribution < 1.29 is 0 Å². The molecule has 0 unspecified atom stereocenters. The van der Waals surface area contributed by atoms with Crippen molar-refractivity contribution >= 4 is 0 Å². The molecule has 0 amide bonds. The van der Waals surface area contributed by atoms with E-state index in [1.165, 1.54) is 6.08 Å². The number of nitrogens with zero attached hydrogens (tertiary/aromatic N) is 1. The standard InChI is InChI=1S/C4H5N.C3H5/c1-4(2)3-5;1-3-2/h1H2,2H3;3H,1-2H2. The maximum absolute atomic E-state index is 7.79. The van der Waals surface area contributed by atoms with Crippen LogP contribution in [0.2, 0.25) is 0 Å². The fraction of sp³-hybridized carbons (Fsp3) is 0.143. The Morgan fingerprint density at radius 2 is 1.88 bits per heavy atom. The zero-order valence-corrected chi connectivity index (χ0v) is 5.15. The van der Waals surface area contributed by atoms with Crippen molar-refractivity contribution in [3.05, 3.63) is 31.7 Å². The van der Waals surface area contributed by atoms with E-state index in [4.69, 9.17) is 5.26 Å². The van der Waals surface area contributed by atoms with Crippen LogP contribution in [0.25, 0.3) is 0 Å². The molecule has 8 heavy (non-hydrogen) atoms. The molecule has 0 rings (SSSR count). The van der Waals surface area contributed by atoms with Crippen molar-refractivity contribution in [1.29, 1.82) is 5.26 Å². The first-order valence-electron chi connectivity index (χ1n) is 2.14. The van der Waals surface area contributed by atoms with Gasteiger partial charge in [-0.05, 0) is 13.8 Å². The van der Waals surface area contributed by atoms with Crippen molar-refractivity contribution in [2.45, 2.75) is 6.92 Å². The van der Waals surface area contributed by atoms with E-state index >= 15 is 0 Å². The highest BCUT2D eigenvalue weighted by molar-refractivity contribution is 5.11. The fourth-order valence-electron chi connectivity index (χ4n) is 0. The van der Waals surface area contributed by atoms with Crippen LogP contribution in [0.15, 0.2) is 24.8 Å². The Labute approximate surface area is 50.9 Å². The molecule has 0 aliphatic carbocycles. The molecule has 0 aromatic carbocycles. The highest BCUT2D eigenvalue weighted by Gasteiger charge is 1.64. The zero-order chi connectivity index (χ0) is 6.99. The van der Waals surface area contributed by atoms with Crippen LogP contribution in [-0.2, 0) is 0 Å². The molecule has 0 spiro atoms. The third-order valence-corrected chi connectivity index (χ3v) is 0.191. The van der Waals surface area contributed by atoms with Crippen molar-refractivity contribution in [3.8, 4) is 6.07 Å². The molecule has 0 saturated carbocycles. The predicted molar refractivity (Wildman–Crippen MR) is 36.0 cm³/mol. The molecule has 0 aromatic rings. The third kappa shape index (κ3) is 83.3. The Morgan fingerprint density at radius 3 is 1.88 bits per heavy atom. The molecular weight excluding hydrogens is 98.1 g/mol. The second kappa shape index (κ2) is 9.36. The summed E-state index contributed by atoms with van der Waals surface area (Å²) in [5.41, 5.74) is 0.560. The second-order valence-corrected chi connectivity index (χ2v) is 1.18. The zero-order valence-electron chi connectivity index (χ0n) is 5.15. The predicted octanol–water partition coefficient (Wildman–Crippen LogP) is 2.09. The Bertz CT molecular complexity index is 106. The summed E-state index contributed by atoms with van der Waals surface area (Å²) in [6.07, 6.45) is 1.50. The first-order chi connectivity index (χ1) is 3.68. The highest BCUT2D eigenvalue weighted by Crippen LogP contribution is 1.74. The van der Waals surface area contributed by atoms with Crippen LogP contribution >= 0.6 is 0 Å². The minimum atomic E-state index is 0.560. The van der Waals surface area contributed by atoms with Crippen LogP contribution in [0, 0.1) is 18.3 Å². The molecule has 0 heterocycles. The van der Waals surface area contributed by atoms with Gasteiger partial charge in [-0.2, -0.15) is 5.26 Å². The number of rotatable bonds is 0. The van der Waals surface area contributed by atoms with Crippen LogP contribution in [0.1, 0.15) is 6.92 Å². The minimum absolute atomic E-state index is 0.560. The van der Waals surface area contributed by atoms with Crippen molar-refractivity contribution in [1.82, 2.24) is 0 Å². The molecule has 1 nitrogen and oxygen atoms in total. The molecule has 0 aliphatic heterocycles. The molecule has 0 bridgehead atoms. The summed E-state index contributed by atoms with van der Waals surface area (Å²) < 4.78 is 0. The second-order valence-electron chi connectivity index (χ2n) is 1.18. The smallest absolute Gasteiger partial charge is 0.0937 e. The van der Waals surface area contributed by atoms with Gasteiger partial charge in [-0.15, -0.1) is 6.58 Å². The lowest BCUT2D eigenvalue weighted by Crippen LogP contribution is -1.51. The van der Waals surface area contributed by atoms with Gasteiger partial charge in [-0.1, -0.05) is 12.7 Å². The summed E-state index contributed by atoms with van der Waals surface area (Å²) >= 11 is 0. The van der Waals surface area contributed by atoms with Crippen molar-refractivity contribution in [2.24, 2.45) is 0 Å². The van der Waals surface area contributed by atoms with E-state index in [0.29, 0.717) is 5.57 Å². The van der Waals surface area contributed by atoms with Crippen LogP contribution in [0.3, 0.4) is 0 Å². The SMILES string of the molecule is C=C(C)C#N.[CH2]C=C. The topological polar surface area (TPSA) is 23.8 Å².